The van der Waals surface area contributed by atoms with Crippen molar-refractivity contribution < 1.29 is 4.79 Å². The molecule has 0 aliphatic rings. The summed E-state index contributed by atoms with van der Waals surface area (Å²) >= 11 is 7.54. The van der Waals surface area contributed by atoms with Crippen molar-refractivity contribution in [2.45, 2.75) is 0 Å². The fraction of sp³-hybridized carbons (Fsp3) is 0.364. The van der Waals surface area contributed by atoms with Crippen molar-refractivity contribution in [2.24, 2.45) is 0 Å². The molecule has 0 aromatic heterocycles. The SMILES string of the molecule is CSCCN(C)C(=O)c1cc(Cl)ccc1N. The molecule has 88 valence electrons. The van der Waals surface area contributed by atoms with Gasteiger partial charge in [0, 0.05) is 30.1 Å². The molecule has 3 nitrogen and oxygen atoms in total. The first-order valence-electron chi connectivity index (χ1n) is 4.85. The average Bonchev–Trinajstić information content (AvgIpc) is 2.28. The van der Waals surface area contributed by atoms with Crippen molar-refractivity contribution in [3.8, 4) is 0 Å². The first kappa shape index (κ1) is 13.2. The Morgan fingerprint density at radius 1 is 1.56 bits per heavy atom. The standard InChI is InChI=1S/C11H15ClN2OS/c1-14(5-6-16-2)11(15)9-7-8(12)3-4-10(9)13/h3-4,7H,5-6,13H2,1-2H3. The molecule has 0 spiro atoms. The number of rotatable bonds is 4. The summed E-state index contributed by atoms with van der Waals surface area (Å²) in [6, 6.07) is 4.93. The fourth-order valence-electron chi connectivity index (χ4n) is 1.25. The lowest BCUT2D eigenvalue weighted by atomic mass is 10.1. The van der Waals surface area contributed by atoms with Crippen LogP contribution in [0.15, 0.2) is 18.2 Å². The molecule has 0 saturated carbocycles. The Morgan fingerprint density at radius 2 is 2.25 bits per heavy atom. The number of anilines is 1. The third-order valence-corrected chi connectivity index (χ3v) is 3.05. The van der Waals surface area contributed by atoms with E-state index in [0.29, 0.717) is 22.8 Å². The van der Waals surface area contributed by atoms with Crippen LogP contribution in [0, 0.1) is 0 Å². The monoisotopic (exact) mass is 258 g/mol. The van der Waals surface area contributed by atoms with Crippen molar-refractivity contribution in [1.29, 1.82) is 0 Å². The summed E-state index contributed by atoms with van der Waals surface area (Å²) < 4.78 is 0. The van der Waals surface area contributed by atoms with Crippen LogP contribution in [0.5, 0.6) is 0 Å². The van der Waals surface area contributed by atoms with E-state index in [1.165, 1.54) is 0 Å². The summed E-state index contributed by atoms with van der Waals surface area (Å²) in [5.41, 5.74) is 6.68. The molecule has 1 aromatic carbocycles. The molecular formula is C11H15ClN2OS. The Labute approximate surface area is 105 Å². The predicted octanol–water partition coefficient (Wildman–Crippen LogP) is 2.36. The van der Waals surface area contributed by atoms with Gasteiger partial charge in [-0.25, -0.2) is 0 Å². The molecule has 0 radical (unpaired) electrons. The number of thioether (sulfide) groups is 1. The number of halogens is 1. The van der Waals surface area contributed by atoms with Crippen LogP contribution in [-0.2, 0) is 0 Å². The third kappa shape index (κ3) is 3.32. The summed E-state index contributed by atoms with van der Waals surface area (Å²) in [4.78, 5) is 13.7. The summed E-state index contributed by atoms with van der Waals surface area (Å²) in [5.74, 6) is 0.817. The Balaban J connectivity index is 2.83. The maximum absolute atomic E-state index is 12.0. The van der Waals surface area contributed by atoms with Crippen molar-refractivity contribution in [1.82, 2.24) is 4.90 Å². The number of nitrogens with two attached hydrogens (primary N) is 1. The number of carbonyl (C=O) groups is 1. The van der Waals surface area contributed by atoms with E-state index in [1.807, 2.05) is 6.26 Å². The minimum atomic E-state index is -0.0888. The van der Waals surface area contributed by atoms with Crippen LogP contribution < -0.4 is 5.73 Å². The zero-order valence-corrected chi connectivity index (χ0v) is 10.9. The van der Waals surface area contributed by atoms with Crippen LogP contribution in [0.2, 0.25) is 5.02 Å². The zero-order valence-electron chi connectivity index (χ0n) is 9.37. The molecule has 0 saturated heterocycles. The summed E-state index contributed by atoms with van der Waals surface area (Å²) in [7, 11) is 1.76. The molecule has 1 rings (SSSR count). The lowest BCUT2D eigenvalue weighted by Gasteiger charge is -2.17. The molecule has 0 heterocycles. The van der Waals surface area contributed by atoms with Crippen molar-refractivity contribution in [2.75, 3.05) is 31.3 Å². The van der Waals surface area contributed by atoms with Crippen molar-refractivity contribution in [3.05, 3.63) is 28.8 Å². The first-order valence-corrected chi connectivity index (χ1v) is 6.63. The second-order valence-corrected chi connectivity index (χ2v) is 4.87. The lowest BCUT2D eigenvalue weighted by Crippen LogP contribution is -2.29. The molecule has 0 aliphatic heterocycles. The molecule has 0 atom stereocenters. The van der Waals surface area contributed by atoms with Crippen LogP contribution in [0.25, 0.3) is 0 Å². The van der Waals surface area contributed by atoms with Gasteiger partial charge >= 0.3 is 0 Å². The Kier molecular flexibility index (Phi) is 4.96. The number of carbonyl (C=O) groups excluding carboxylic acids is 1. The highest BCUT2D eigenvalue weighted by Gasteiger charge is 2.14. The van der Waals surface area contributed by atoms with E-state index >= 15 is 0 Å². The number of benzene rings is 1. The molecule has 0 fully saturated rings. The topological polar surface area (TPSA) is 46.3 Å². The van der Waals surface area contributed by atoms with Gasteiger partial charge in [-0.3, -0.25) is 4.79 Å². The van der Waals surface area contributed by atoms with Crippen molar-refractivity contribution in [3.63, 3.8) is 0 Å². The summed E-state index contributed by atoms with van der Waals surface area (Å²) in [6.45, 7) is 0.700. The van der Waals surface area contributed by atoms with Crippen LogP contribution in [0.1, 0.15) is 10.4 Å². The van der Waals surface area contributed by atoms with Gasteiger partial charge in [0.2, 0.25) is 0 Å². The molecule has 0 bridgehead atoms. The van der Waals surface area contributed by atoms with E-state index in [4.69, 9.17) is 17.3 Å². The number of hydrogen-bond acceptors (Lipinski definition) is 3. The van der Waals surface area contributed by atoms with Gasteiger partial charge < -0.3 is 10.6 Å². The fourth-order valence-corrected chi connectivity index (χ4v) is 1.88. The largest absolute Gasteiger partial charge is 0.398 e. The Morgan fingerprint density at radius 3 is 2.88 bits per heavy atom. The smallest absolute Gasteiger partial charge is 0.255 e. The van der Waals surface area contributed by atoms with E-state index in [1.54, 1.807) is 41.9 Å². The zero-order chi connectivity index (χ0) is 12.1. The number of amides is 1. The number of nitrogen functional groups attached to an aromatic ring is 1. The van der Waals surface area contributed by atoms with Crippen LogP contribution >= 0.6 is 23.4 Å². The minimum Gasteiger partial charge on any atom is -0.398 e. The molecule has 1 aromatic rings. The quantitative estimate of drug-likeness (QED) is 0.844. The molecule has 0 aliphatic carbocycles. The normalized spacial score (nSPS) is 10.2. The van der Waals surface area contributed by atoms with E-state index in [2.05, 4.69) is 0 Å². The summed E-state index contributed by atoms with van der Waals surface area (Å²) in [6.07, 6.45) is 2.01. The van der Waals surface area contributed by atoms with E-state index < -0.39 is 0 Å². The van der Waals surface area contributed by atoms with Gasteiger partial charge in [-0.05, 0) is 24.5 Å². The third-order valence-electron chi connectivity index (χ3n) is 2.22. The van der Waals surface area contributed by atoms with Gasteiger partial charge in [-0.15, -0.1) is 0 Å². The second kappa shape index (κ2) is 6.01. The molecule has 0 unspecified atom stereocenters. The van der Waals surface area contributed by atoms with E-state index in [9.17, 15) is 4.79 Å². The van der Waals surface area contributed by atoms with Crippen LogP contribution in [0.3, 0.4) is 0 Å². The molecular weight excluding hydrogens is 244 g/mol. The number of hydrogen-bond donors (Lipinski definition) is 1. The van der Waals surface area contributed by atoms with Gasteiger partial charge in [-0.1, -0.05) is 11.6 Å². The lowest BCUT2D eigenvalue weighted by molar-refractivity contribution is 0.0805. The van der Waals surface area contributed by atoms with Crippen LogP contribution in [-0.4, -0.2) is 36.4 Å². The molecule has 2 N–H and O–H groups in total. The molecule has 5 heteroatoms. The minimum absolute atomic E-state index is 0.0888. The highest BCUT2D eigenvalue weighted by Crippen LogP contribution is 2.19. The highest BCUT2D eigenvalue weighted by atomic mass is 35.5. The van der Waals surface area contributed by atoms with Crippen LogP contribution in [0.4, 0.5) is 5.69 Å². The van der Waals surface area contributed by atoms with Gasteiger partial charge in [0.05, 0.1) is 5.56 Å². The maximum atomic E-state index is 12.0. The Hall–Kier alpha value is -0.870. The predicted molar refractivity (Wildman–Crippen MR) is 71.2 cm³/mol. The first-order chi connectivity index (χ1) is 7.56. The Bertz CT molecular complexity index is 384. The average molecular weight is 259 g/mol. The van der Waals surface area contributed by atoms with Crippen molar-refractivity contribution >= 4 is 35.0 Å². The van der Waals surface area contributed by atoms with Gasteiger partial charge in [-0.2, -0.15) is 11.8 Å². The highest BCUT2D eigenvalue weighted by molar-refractivity contribution is 7.98. The van der Waals surface area contributed by atoms with E-state index in [-0.39, 0.29) is 5.91 Å². The van der Waals surface area contributed by atoms with E-state index in [0.717, 1.165) is 5.75 Å². The maximum Gasteiger partial charge on any atom is 0.255 e. The van der Waals surface area contributed by atoms with Gasteiger partial charge in [0.15, 0.2) is 0 Å². The number of nitrogens with zero attached hydrogens (tertiary/aromatic N) is 1. The molecule has 16 heavy (non-hydrogen) atoms. The van der Waals surface area contributed by atoms with Gasteiger partial charge in [0.1, 0.15) is 0 Å². The molecule has 1 amide bonds. The second-order valence-electron chi connectivity index (χ2n) is 3.45. The van der Waals surface area contributed by atoms with Gasteiger partial charge in [0.25, 0.3) is 5.91 Å². The summed E-state index contributed by atoms with van der Waals surface area (Å²) in [5, 5.41) is 0.524.